The van der Waals surface area contributed by atoms with Crippen molar-refractivity contribution >= 4 is 56.7 Å². The Kier molecular flexibility index (Phi) is 5.62. The number of aromatic nitrogens is 3. The minimum Gasteiger partial charge on any atom is -0.485 e. The minimum atomic E-state index is -0.412. The van der Waals surface area contributed by atoms with Crippen LogP contribution in [0.15, 0.2) is 66.9 Å². The fraction of sp³-hybridized carbons (Fsp3) is 0.0800. The molecule has 164 valence electrons. The number of imidazole rings is 1. The number of ether oxygens (including phenoxy) is 1. The number of benzene rings is 3. The molecule has 8 heteroatoms. The van der Waals surface area contributed by atoms with Crippen molar-refractivity contribution in [3.05, 3.63) is 93.9 Å². The third-order valence-electron chi connectivity index (χ3n) is 5.26. The Labute approximate surface area is 199 Å². The number of hydrogen-bond acceptors (Lipinski definition) is 4. The van der Waals surface area contributed by atoms with Gasteiger partial charge in [-0.1, -0.05) is 47.5 Å². The molecule has 0 aliphatic carbocycles. The molecule has 6 nitrogen and oxygen atoms in total. The van der Waals surface area contributed by atoms with Gasteiger partial charge in [-0.05, 0) is 43.3 Å². The zero-order valence-electron chi connectivity index (χ0n) is 17.5. The largest absolute Gasteiger partial charge is 0.485 e. The molecule has 3 aromatic carbocycles. The molecule has 0 atom stereocenters. The summed E-state index contributed by atoms with van der Waals surface area (Å²) in [6, 6.07) is 18.3. The first-order valence-electron chi connectivity index (χ1n) is 10.2. The lowest BCUT2D eigenvalue weighted by molar-refractivity contribution is 0.102. The highest BCUT2D eigenvalue weighted by molar-refractivity contribution is 6.40. The first-order chi connectivity index (χ1) is 16.0. The van der Waals surface area contributed by atoms with Gasteiger partial charge in [-0.15, -0.1) is 0 Å². The zero-order valence-corrected chi connectivity index (χ0v) is 19.0. The highest BCUT2D eigenvalue weighted by Crippen LogP contribution is 2.33. The number of hydrogen-bond donors (Lipinski definition) is 2. The van der Waals surface area contributed by atoms with Crippen LogP contribution in [0, 0.1) is 6.92 Å². The van der Waals surface area contributed by atoms with Crippen LogP contribution in [0.3, 0.4) is 0 Å². The molecule has 0 saturated heterocycles. The topological polar surface area (TPSA) is 79.9 Å². The van der Waals surface area contributed by atoms with Crippen LogP contribution in [0.25, 0.3) is 21.9 Å². The SMILES string of the molecule is Cc1cnc2c(NC(=O)c3c(Cl)cccc3Cl)cccc2c1OCc1nc2ccccc2[nH]1. The lowest BCUT2D eigenvalue weighted by Crippen LogP contribution is -2.13. The Bertz CT molecular complexity index is 1460. The van der Waals surface area contributed by atoms with E-state index in [1.807, 2.05) is 43.3 Å². The lowest BCUT2D eigenvalue weighted by Gasteiger charge is -2.14. The van der Waals surface area contributed by atoms with E-state index in [9.17, 15) is 4.79 Å². The van der Waals surface area contributed by atoms with E-state index in [0.29, 0.717) is 17.0 Å². The van der Waals surface area contributed by atoms with Crippen molar-refractivity contribution in [2.24, 2.45) is 0 Å². The van der Waals surface area contributed by atoms with Crippen molar-refractivity contribution in [2.45, 2.75) is 13.5 Å². The van der Waals surface area contributed by atoms with Gasteiger partial charge >= 0.3 is 0 Å². The van der Waals surface area contributed by atoms with Crippen molar-refractivity contribution in [1.29, 1.82) is 0 Å². The van der Waals surface area contributed by atoms with E-state index >= 15 is 0 Å². The quantitative estimate of drug-likeness (QED) is 0.301. The first-order valence-corrected chi connectivity index (χ1v) is 11.0. The highest BCUT2D eigenvalue weighted by atomic mass is 35.5. The number of aromatic amines is 1. The Hall–Kier alpha value is -3.61. The molecule has 0 unspecified atom stereocenters. The minimum absolute atomic E-state index is 0.214. The second-order valence-corrected chi connectivity index (χ2v) is 8.33. The lowest BCUT2D eigenvalue weighted by atomic mass is 10.1. The van der Waals surface area contributed by atoms with E-state index < -0.39 is 5.91 Å². The number of pyridine rings is 1. The molecule has 5 rings (SSSR count). The molecule has 0 bridgehead atoms. The molecule has 0 fully saturated rings. The van der Waals surface area contributed by atoms with Gasteiger partial charge in [0.2, 0.25) is 0 Å². The van der Waals surface area contributed by atoms with Gasteiger partial charge in [-0.2, -0.15) is 0 Å². The summed E-state index contributed by atoms with van der Waals surface area (Å²) in [6.07, 6.45) is 1.72. The molecule has 5 aromatic rings. The standard InChI is InChI=1S/C25H18Cl2N4O2/c1-14-12-28-23-15(24(14)33-13-21-29-18-9-2-3-10-19(18)30-21)6-4-11-20(23)31-25(32)22-16(26)7-5-8-17(22)27/h2-12H,13H2,1H3,(H,29,30)(H,31,32). The number of H-pyrrole nitrogens is 1. The van der Waals surface area contributed by atoms with E-state index in [0.717, 1.165) is 27.8 Å². The van der Waals surface area contributed by atoms with Crippen molar-refractivity contribution in [3.63, 3.8) is 0 Å². The number of carbonyl (C=O) groups excluding carboxylic acids is 1. The van der Waals surface area contributed by atoms with Crippen molar-refractivity contribution in [1.82, 2.24) is 15.0 Å². The molecule has 0 aliphatic rings. The maximum absolute atomic E-state index is 12.9. The summed E-state index contributed by atoms with van der Waals surface area (Å²) in [4.78, 5) is 25.3. The summed E-state index contributed by atoms with van der Waals surface area (Å²) in [7, 11) is 0. The van der Waals surface area contributed by atoms with E-state index in [4.69, 9.17) is 27.9 Å². The summed E-state index contributed by atoms with van der Waals surface area (Å²) in [5.41, 5.74) is 4.05. The number of fused-ring (bicyclic) bond motifs is 2. The number of amides is 1. The Morgan fingerprint density at radius 2 is 1.79 bits per heavy atom. The van der Waals surface area contributed by atoms with Gasteiger partial charge in [0, 0.05) is 17.1 Å². The molecular weight excluding hydrogens is 459 g/mol. The Morgan fingerprint density at radius 1 is 1.03 bits per heavy atom. The van der Waals surface area contributed by atoms with Crippen LogP contribution in [0.4, 0.5) is 5.69 Å². The fourth-order valence-corrected chi connectivity index (χ4v) is 4.27. The summed E-state index contributed by atoms with van der Waals surface area (Å²) >= 11 is 12.4. The molecule has 0 saturated carbocycles. The number of nitrogens with one attached hydrogen (secondary N) is 2. The summed E-state index contributed by atoms with van der Waals surface area (Å²) < 4.78 is 6.16. The Balaban J connectivity index is 1.46. The number of rotatable bonds is 5. The zero-order chi connectivity index (χ0) is 22.9. The van der Waals surface area contributed by atoms with E-state index in [-0.39, 0.29) is 22.2 Å². The van der Waals surface area contributed by atoms with Gasteiger partial charge < -0.3 is 15.0 Å². The van der Waals surface area contributed by atoms with Crippen LogP contribution in [0.2, 0.25) is 10.0 Å². The molecule has 2 heterocycles. The van der Waals surface area contributed by atoms with Gasteiger partial charge in [0.15, 0.2) is 0 Å². The first kappa shape index (κ1) is 21.2. The van der Waals surface area contributed by atoms with Crippen LogP contribution in [0.1, 0.15) is 21.7 Å². The summed E-state index contributed by atoms with van der Waals surface area (Å²) in [5.74, 6) is 0.982. The monoisotopic (exact) mass is 476 g/mol. The van der Waals surface area contributed by atoms with Gasteiger partial charge in [-0.25, -0.2) is 4.98 Å². The molecule has 0 radical (unpaired) electrons. The number of nitrogens with zero attached hydrogens (tertiary/aromatic N) is 2. The molecule has 0 spiro atoms. The van der Waals surface area contributed by atoms with Crippen LogP contribution in [-0.4, -0.2) is 20.9 Å². The maximum Gasteiger partial charge on any atom is 0.258 e. The molecule has 2 N–H and O–H groups in total. The summed E-state index contributed by atoms with van der Waals surface area (Å²) in [5, 5.41) is 4.20. The molecule has 2 aromatic heterocycles. The predicted octanol–water partition coefficient (Wildman–Crippen LogP) is 6.56. The van der Waals surface area contributed by atoms with Gasteiger partial charge in [0.05, 0.1) is 37.8 Å². The smallest absolute Gasteiger partial charge is 0.258 e. The number of anilines is 1. The van der Waals surface area contributed by atoms with E-state index in [1.54, 1.807) is 30.5 Å². The van der Waals surface area contributed by atoms with Crippen LogP contribution >= 0.6 is 23.2 Å². The number of carbonyl (C=O) groups is 1. The van der Waals surface area contributed by atoms with Crippen molar-refractivity contribution in [3.8, 4) is 5.75 Å². The average molecular weight is 477 g/mol. The van der Waals surface area contributed by atoms with Gasteiger partial charge in [-0.3, -0.25) is 9.78 Å². The van der Waals surface area contributed by atoms with Gasteiger partial charge in [0.25, 0.3) is 5.91 Å². The molecule has 33 heavy (non-hydrogen) atoms. The van der Waals surface area contributed by atoms with Crippen LogP contribution in [-0.2, 0) is 6.61 Å². The van der Waals surface area contributed by atoms with E-state index in [1.165, 1.54) is 0 Å². The average Bonchev–Trinajstić information content (AvgIpc) is 3.21. The number of aryl methyl sites for hydroxylation is 1. The predicted molar refractivity (Wildman–Crippen MR) is 131 cm³/mol. The van der Waals surface area contributed by atoms with Crippen LogP contribution in [0.5, 0.6) is 5.75 Å². The molecular formula is C25H18Cl2N4O2. The second-order valence-electron chi connectivity index (χ2n) is 7.51. The van der Waals surface area contributed by atoms with E-state index in [2.05, 4.69) is 20.3 Å². The maximum atomic E-state index is 12.9. The fourth-order valence-electron chi connectivity index (χ4n) is 3.70. The Morgan fingerprint density at radius 3 is 2.58 bits per heavy atom. The van der Waals surface area contributed by atoms with Crippen molar-refractivity contribution in [2.75, 3.05) is 5.32 Å². The highest BCUT2D eigenvalue weighted by Gasteiger charge is 2.17. The van der Waals surface area contributed by atoms with Crippen molar-refractivity contribution < 1.29 is 9.53 Å². The third kappa shape index (κ3) is 4.11. The third-order valence-corrected chi connectivity index (χ3v) is 5.89. The van der Waals surface area contributed by atoms with Gasteiger partial charge in [0.1, 0.15) is 18.2 Å². The number of halogens is 2. The second kappa shape index (κ2) is 8.73. The molecule has 1 amide bonds. The molecule has 0 aliphatic heterocycles. The number of para-hydroxylation sites is 3. The van der Waals surface area contributed by atoms with Crippen LogP contribution < -0.4 is 10.1 Å². The summed E-state index contributed by atoms with van der Waals surface area (Å²) in [6.45, 7) is 2.19. The normalized spacial score (nSPS) is 11.1.